The first-order valence-corrected chi connectivity index (χ1v) is 4.08. The highest BCUT2D eigenvalue weighted by molar-refractivity contribution is 8.02. The Bertz CT molecular complexity index is 107. The number of hydrogen-bond donors (Lipinski definition) is 1. The van der Waals surface area contributed by atoms with Gasteiger partial charge in [0.15, 0.2) is 0 Å². The molecule has 0 unspecified atom stereocenters. The van der Waals surface area contributed by atoms with Crippen LogP contribution in [0.15, 0.2) is 0 Å². The summed E-state index contributed by atoms with van der Waals surface area (Å²) in [6, 6.07) is 0. The van der Waals surface area contributed by atoms with E-state index in [4.69, 9.17) is 6.42 Å². The fourth-order valence-electron chi connectivity index (χ4n) is 0.560. The van der Waals surface area contributed by atoms with Crippen molar-refractivity contribution in [3.8, 4) is 11.7 Å². The molecule has 0 aliphatic rings. The van der Waals surface area contributed by atoms with Gasteiger partial charge in [0.1, 0.15) is 0 Å². The van der Waals surface area contributed by atoms with E-state index in [1.807, 2.05) is 0 Å². The summed E-state index contributed by atoms with van der Waals surface area (Å²) in [6.45, 7) is 2.09. The molecular formula is C7H14N2S. The molecule has 0 aliphatic carbocycles. The summed E-state index contributed by atoms with van der Waals surface area (Å²) in [6.07, 6.45) is 6.15. The molecule has 0 saturated heterocycles. The van der Waals surface area contributed by atoms with Crippen molar-refractivity contribution >= 4 is 11.9 Å². The highest BCUT2D eigenvalue weighted by Gasteiger charge is 1.88. The third-order valence-electron chi connectivity index (χ3n) is 1.02. The Labute approximate surface area is 67.5 Å². The Balaban J connectivity index is 2.86. The Morgan fingerprint density at radius 1 is 1.60 bits per heavy atom. The standard InChI is InChI=1S/C7H14N2S/c1-4-10-8-6-5-7-9(2)3/h1,8H,5-7H2,2-3H3. The van der Waals surface area contributed by atoms with Crippen molar-refractivity contribution in [1.29, 1.82) is 0 Å². The summed E-state index contributed by atoms with van der Waals surface area (Å²) in [5.41, 5.74) is 0. The first kappa shape index (κ1) is 9.83. The third kappa shape index (κ3) is 7.83. The lowest BCUT2D eigenvalue weighted by Crippen LogP contribution is -2.17. The van der Waals surface area contributed by atoms with Crippen LogP contribution in [0.2, 0.25) is 0 Å². The minimum atomic E-state index is 0.979. The maximum Gasteiger partial charge on any atom is 0.00797 e. The molecule has 0 rings (SSSR count). The lowest BCUT2D eigenvalue weighted by molar-refractivity contribution is 0.401. The van der Waals surface area contributed by atoms with Gasteiger partial charge in [-0.25, -0.2) is 0 Å². The molecule has 0 saturated carbocycles. The van der Waals surface area contributed by atoms with Gasteiger partial charge in [0.2, 0.25) is 0 Å². The van der Waals surface area contributed by atoms with E-state index in [9.17, 15) is 0 Å². The van der Waals surface area contributed by atoms with E-state index < -0.39 is 0 Å². The van der Waals surface area contributed by atoms with Crippen LogP contribution in [0.4, 0.5) is 0 Å². The van der Waals surface area contributed by atoms with Crippen LogP contribution >= 0.6 is 11.9 Å². The fraction of sp³-hybridized carbons (Fsp3) is 0.714. The van der Waals surface area contributed by atoms with Crippen molar-refractivity contribution < 1.29 is 0 Å². The predicted octanol–water partition coefficient (Wildman–Crippen LogP) is 0.767. The van der Waals surface area contributed by atoms with E-state index in [-0.39, 0.29) is 0 Å². The molecule has 3 heteroatoms. The number of terminal acetylenes is 1. The monoisotopic (exact) mass is 158 g/mol. The zero-order valence-corrected chi connectivity index (χ0v) is 7.37. The van der Waals surface area contributed by atoms with Crippen molar-refractivity contribution in [2.24, 2.45) is 0 Å². The van der Waals surface area contributed by atoms with Gasteiger partial charge in [0.05, 0.1) is 0 Å². The van der Waals surface area contributed by atoms with E-state index in [2.05, 4.69) is 29.0 Å². The lowest BCUT2D eigenvalue weighted by Gasteiger charge is -2.07. The molecule has 10 heavy (non-hydrogen) atoms. The van der Waals surface area contributed by atoms with Gasteiger partial charge in [0, 0.05) is 18.5 Å². The minimum Gasteiger partial charge on any atom is -0.309 e. The van der Waals surface area contributed by atoms with Gasteiger partial charge in [-0.15, -0.1) is 6.42 Å². The first-order chi connectivity index (χ1) is 4.77. The molecule has 0 bridgehead atoms. The molecule has 2 nitrogen and oxygen atoms in total. The van der Waals surface area contributed by atoms with Crippen LogP contribution in [0.3, 0.4) is 0 Å². The Morgan fingerprint density at radius 2 is 2.30 bits per heavy atom. The third-order valence-corrected chi connectivity index (χ3v) is 1.48. The largest absolute Gasteiger partial charge is 0.309 e. The average Bonchev–Trinajstić information content (AvgIpc) is 1.87. The topological polar surface area (TPSA) is 15.3 Å². The second-order valence-electron chi connectivity index (χ2n) is 2.27. The second kappa shape index (κ2) is 6.94. The first-order valence-electron chi connectivity index (χ1n) is 3.26. The number of hydrogen-bond acceptors (Lipinski definition) is 3. The quantitative estimate of drug-likeness (QED) is 0.361. The van der Waals surface area contributed by atoms with Crippen LogP contribution in [0.5, 0.6) is 0 Å². The van der Waals surface area contributed by atoms with Gasteiger partial charge < -0.3 is 4.90 Å². The van der Waals surface area contributed by atoms with Gasteiger partial charge in [-0.3, -0.25) is 4.72 Å². The maximum absolute atomic E-state index is 5.01. The molecule has 0 fully saturated rings. The lowest BCUT2D eigenvalue weighted by atomic mass is 10.4. The molecule has 1 N–H and O–H groups in total. The average molecular weight is 158 g/mol. The number of rotatable bonds is 5. The highest BCUT2D eigenvalue weighted by atomic mass is 32.2. The van der Waals surface area contributed by atoms with Gasteiger partial charge in [-0.1, -0.05) is 0 Å². The summed E-state index contributed by atoms with van der Waals surface area (Å²) >= 11 is 1.32. The van der Waals surface area contributed by atoms with Gasteiger partial charge in [-0.05, 0) is 32.3 Å². The Hall–Kier alpha value is -0.170. The molecule has 0 aliphatic heterocycles. The number of nitrogens with one attached hydrogen (secondary N) is 1. The molecular weight excluding hydrogens is 144 g/mol. The smallest absolute Gasteiger partial charge is 0.00797 e. The van der Waals surface area contributed by atoms with Crippen molar-refractivity contribution in [1.82, 2.24) is 9.62 Å². The SMILES string of the molecule is C#CSNCCCN(C)C. The van der Waals surface area contributed by atoms with Crippen molar-refractivity contribution in [3.63, 3.8) is 0 Å². The minimum absolute atomic E-state index is 0.979. The summed E-state index contributed by atoms with van der Waals surface area (Å²) in [4.78, 5) is 2.15. The summed E-state index contributed by atoms with van der Waals surface area (Å²) < 4.78 is 3.04. The normalized spacial score (nSPS) is 9.80. The van der Waals surface area contributed by atoms with Gasteiger partial charge >= 0.3 is 0 Å². The summed E-state index contributed by atoms with van der Waals surface area (Å²) in [5, 5.41) is 2.45. The number of nitrogens with zero attached hydrogens (tertiary/aromatic N) is 1. The molecule has 0 heterocycles. The Kier molecular flexibility index (Phi) is 6.83. The van der Waals surface area contributed by atoms with E-state index in [1.165, 1.54) is 11.9 Å². The van der Waals surface area contributed by atoms with E-state index in [1.54, 1.807) is 0 Å². The van der Waals surface area contributed by atoms with Crippen molar-refractivity contribution in [2.75, 3.05) is 27.2 Å². The summed E-state index contributed by atoms with van der Waals surface area (Å²) in [7, 11) is 4.13. The molecule has 0 aromatic carbocycles. The van der Waals surface area contributed by atoms with E-state index in [0.717, 1.165) is 19.5 Å². The summed E-state index contributed by atoms with van der Waals surface area (Å²) in [5.74, 6) is 0. The molecule has 0 radical (unpaired) electrons. The van der Waals surface area contributed by atoms with Crippen LogP contribution in [-0.2, 0) is 0 Å². The fourth-order valence-corrected chi connectivity index (χ4v) is 0.890. The highest BCUT2D eigenvalue weighted by Crippen LogP contribution is 1.88. The van der Waals surface area contributed by atoms with Gasteiger partial charge in [-0.2, -0.15) is 0 Å². The molecule has 0 aromatic rings. The molecule has 0 amide bonds. The van der Waals surface area contributed by atoms with Crippen LogP contribution in [0.1, 0.15) is 6.42 Å². The van der Waals surface area contributed by atoms with Crippen LogP contribution < -0.4 is 4.72 Å². The molecule has 0 spiro atoms. The predicted molar refractivity (Wildman–Crippen MR) is 47.6 cm³/mol. The molecule has 0 atom stereocenters. The second-order valence-corrected chi connectivity index (χ2v) is 3.00. The van der Waals surface area contributed by atoms with Crippen LogP contribution in [0.25, 0.3) is 0 Å². The zero-order valence-electron chi connectivity index (χ0n) is 6.55. The molecule has 58 valence electrons. The molecule has 0 aromatic heterocycles. The van der Waals surface area contributed by atoms with Crippen LogP contribution in [-0.4, -0.2) is 32.1 Å². The van der Waals surface area contributed by atoms with Gasteiger partial charge in [0.25, 0.3) is 0 Å². The van der Waals surface area contributed by atoms with Crippen molar-refractivity contribution in [3.05, 3.63) is 0 Å². The maximum atomic E-state index is 5.01. The Morgan fingerprint density at radius 3 is 2.80 bits per heavy atom. The zero-order chi connectivity index (χ0) is 7.82. The van der Waals surface area contributed by atoms with Crippen molar-refractivity contribution in [2.45, 2.75) is 6.42 Å². The van der Waals surface area contributed by atoms with E-state index in [0.29, 0.717) is 0 Å². The van der Waals surface area contributed by atoms with E-state index >= 15 is 0 Å². The van der Waals surface area contributed by atoms with Crippen LogP contribution in [0, 0.1) is 11.7 Å².